The first-order valence-corrected chi connectivity index (χ1v) is 9.48. The van der Waals surface area contributed by atoms with Gasteiger partial charge in [0.15, 0.2) is 5.65 Å². The summed E-state index contributed by atoms with van der Waals surface area (Å²) in [7, 11) is -1.32. The van der Waals surface area contributed by atoms with Crippen molar-refractivity contribution in [2.45, 2.75) is 32.2 Å². The highest BCUT2D eigenvalue weighted by atomic mass is 32.2. The molecule has 0 atom stereocenters. The molecule has 1 fully saturated rings. The van der Waals surface area contributed by atoms with Crippen LogP contribution in [0.1, 0.15) is 35.9 Å². The number of nitrogens with zero attached hydrogens (tertiary/aromatic N) is 3. The van der Waals surface area contributed by atoms with Gasteiger partial charge in [0.25, 0.3) is 5.91 Å². The number of carbonyl (C=O) groups is 1. The SMILES string of the molecule is Cc1c(O)cnc2nc(C(=O)NC3(C)CCS(=O)(=O)CC3)n(C)c12. The number of hydrogen-bond donors (Lipinski definition) is 2. The Labute approximate surface area is 139 Å². The monoisotopic (exact) mass is 352 g/mol. The van der Waals surface area contributed by atoms with Crippen LogP contribution in [0.5, 0.6) is 5.75 Å². The highest BCUT2D eigenvalue weighted by Gasteiger charge is 2.35. The van der Waals surface area contributed by atoms with Crippen LogP contribution in [0, 0.1) is 6.92 Å². The van der Waals surface area contributed by atoms with Crippen molar-refractivity contribution in [3.63, 3.8) is 0 Å². The molecule has 0 aromatic carbocycles. The van der Waals surface area contributed by atoms with E-state index in [1.807, 2.05) is 6.92 Å². The summed E-state index contributed by atoms with van der Waals surface area (Å²) in [6.07, 6.45) is 2.06. The van der Waals surface area contributed by atoms with Crippen LogP contribution in [-0.4, -0.2) is 51.0 Å². The highest BCUT2D eigenvalue weighted by Crippen LogP contribution is 2.26. The van der Waals surface area contributed by atoms with Gasteiger partial charge in [0.05, 0.1) is 23.2 Å². The van der Waals surface area contributed by atoms with Crippen molar-refractivity contribution in [3.05, 3.63) is 17.6 Å². The zero-order valence-electron chi connectivity index (χ0n) is 13.8. The summed E-state index contributed by atoms with van der Waals surface area (Å²) in [6.45, 7) is 3.58. The van der Waals surface area contributed by atoms with Gasteiger partial charge in [-0.1, -0.05) is 0 Å². The van der Waals surface area contributed by atoms with Gasteiger partial charge in [-0.25, -0.2) is 18.4 Å². The third-order valence-electron chi connectivity index (χ3n) is 4.67. The maximum atomic E-state index is 12.6. The first-order chi connectivity index (χ1) is 11.1. The minimum absolute atomic E-state index is 0.0434. The third-order valence-corrected chi connectivity index (χ3v) is 6.33. The molecule has 0 spiro atoms. The van der Waals surface area contributed by atoms with Gasteiger partial charge in [-0.2, -0.15) is 0 Å². The first-order valence-electron chi connectivity index (χ1n) is 7.66. The number of hydrogen-bond acceptors (Lipinski definition) is 6. The summed E-state index contributed by atoms with van der Waals surface area (Å²) in [5.41, 5.74) is 1.00. The molecule has 24 heavy (non-hydrogen) atoms. The second-order valence-corrected chi connectivity index (χ2v) is 8.91. The van der Waals surface area contributed by atoms with E-state index >= 15 is 0 Å². The topological polar surface area (TPSA) is 114 Å². The van der Waals surface area contributed by atoms with Gasteiger partial charge in [0.1, 0.15) is 15.6 Å². The molecule has 9 heteroatoms. The number of aryl methyl sites for hydroxylation is 2. The lowest BCUT2D eigenvalue weighted by molar-refractivity contribution is 0.0886. The zero-order chi connectivity index (χ0) is 17.7. The zero-order valence-corrected chi connectivity index (χ0v) is 14.6. The van der Waals surface area contributed by atoms with Crippen LogP contribution in [0.15, 0.2) is 6.20 Å². The fourth-order valence-electron chi connectivity index (χ4n) is 2.98. The Morgan fingerprint density at radius 1 is 1.38 bits per heavy atom. The molecule has 0 bridgehead atoms. The largest absolute Gasteiger partial charge is 0.506 e. The molecule has 8 nitrogen and oxygen atoms in total. The van der Waals surface area contributed by atoms with Crippen molar-refractivity contribution >= 4 is 26.9 Å². The molecule has 0 unspecified atom stereocenters. The number of nitrogens with one attached hydrogen (secondary N) is 1. The average Bonchev–Trinajstić information content (AvgIpc) is 2.85. The summed E-state index contributed by atoms with van der Waals surface area (Å²) >= 11 is 0. The molecule has 130 valence electrons. The molecule has 1 saturated heterocycles. The van der Waals surface area contributed by atoms with Crippen LogP contribution in [0.3, 0.4) is 0 Å². The highest BCUT2D eigenvalue weighted by molar-refractivity contribution is 7.91. The molecular weight excluding hydrogens is 332 g/mol. The summed E-state index contributed by atoms with van der Waals surface area (Å²) in [5, 5.41) is 12.7. The molecule has 1 amide bonds. The molecule has 2 aromatic rings. The quantitative estimate of drug-likeness (QED) is 0.821. The van der Waals surface area contributed by atoms with Gasteiger partial charge in [-0.05, 0) is 26.7 Å². The van der Waals surface area contributed by atoms with Gasteiger partial charge < -0.3 is 15.0 Å². The number of aromatic hydroxyl groups is 1. The van der Waals surface area contributed by atoms with Crippen molar-refractivity contribution in [1.82, 2.24) is 19.9 Å². The molecule has 3 heterocycles. The fourth-order valence-corrected chi connectivity index (χ4v) is 4.71. The van der Waals surface area contributed by atoms with E-state index in [-0.39, 0.29) is 29.0 Å². The number of fused-ring (bicyclic) bond motifs is 1. The Balaban J connectivity index is 1.90. The van der Waals surface area contributed by atoms with Gasteiger partial charge in [-0.3, -0.25) is 4.79 Å². The maximum Gasteiger partial charge on any atom is 0.287 e. The third kappa shape index (κ3) is 2.83. The van der Waals surface area contributed by atoms with Crippen LogP contribution >= 0.6 is 0 Å². The van der Waals surface area contributed by atoms with Crippen LogP contribution in [0.25, 0.3) is 11.2 Å². The van der Waals surface area contributed by atoms with Crippen molar-refractivity contribution in [2.75, 3.05) is 11.5 Å². The Bertz CT molecular complexity index is 919. The van der Waals surface area contributed by atoms with Crippen LogP contribution in [-0.2, 0) is 16.9 Å². The molecular formula is C15H20N4O4S. The lowest BCUT2D eigenvalue weighted by atomic mass is 9.95. The van der Waals surface area contributed by atoms with Crippen molar-refractivity contribution in [1.29, 1.82) is 0 Å². The minimum Gasteiger partial charge on any atom is -0.506 e. The van der Waals surface area contributed by atoms with Gasteiger partial charge in [-0.15, -0.1) is 0 Å². The van der Waals surface area contributed by atoms with E-state index in [1.165, 1.54) is 6.20 Å². The van der Waals surface area contributed by atoms with E-state index in [0.29, 0.717) is 29.6 Å². The summed E-state index contributed by atoms with van der Waals surface area (Å²) < 4.78 is 24.7. The van der Waals surface area contributed by atoms with E-state index < -0.39 is 15.4 Å². The molecule has 0 radical (unpaired) electrons. The number of rotatable bonds is 2. The number of imidazole rings is 1. The summed E-state index contributed by atoms with van der Waals surface area (Å²) in [5.74, 6) is -0.0132. The Morgan fingerprint density at radius 2 is 2.00 bits per heavy atom. The number of carbonyl (C=O) groups excluding carboxylic acids is 1. The van der Waals surface area contributed by atoms with Crippen molar-refractivity contribution in [2.24, 2.45) is 7.05 Å². The van der Waals surface area contributed by atoms with Gasteiger partial charge in [0, 0.05) is 18.2 Å². The second-order valence-electron chi connectivity index (χ2n) is 6.60. The van der Waals surface area contributed by atoms with E-state index in [2.05, 4.69) is 15.3 Å². The lowest BCUT2D eigenvalue weighted by Crippen LogP contribution is -2.51. The molecule has 1 aliphatic rings. The first kappa shape index (κ1) is 16.7. The Hall–Kier alpha value is -2.16. The van der Waals surface area contributed by atoms with E-state index in [9.17, 15) is 18.3 Å². The molecule has 0 saturated carbocycles. The number of amides is 1. The smallest absolute Gasteiger partial charge is 0.287 e. The second kappa shape index (κ2) is 5.44. The summed E-state index contributed by atoms with van der Waals surface area (Å²) in [4.78, 5) is 20.9. The Kier molecular flexibility index (Phi) is 3.78. The lowest BCUT2D eigenvalue weighted by Gasteiger charge is -2.34. The van der Waals surface area contributed by atoms with Gasteiger partial charge >= 0.3 is 0 Å². The van der Waals surface area contributed by atoms with Crippen molar-refractivity contribution in [3.8, 4) is 5.75 Å². The molecule has 0 aliphatic carbocycles. The fraction of sp³-hybridized carbons (Fsp3) is 0.533. The summed E-state index contributed by atoms with van der Waals surface area (Å²) in [6, 6.07) is 0. The van der Waals surface area contributed by atoms with Crippen LogP contribution in [0.4, 0.5) is 0 Å². The molecule has 2 aromatic heterocycles. The number of aromatic nitrogens is 3. The normalized spacial score (nSPS) is 19.3. The predicted octanol–water partition coefficient (Wildman–Crippen LogP) is 0.679. The average molecular weight is 352 g/mol. The van der Waals surface area contributed by atoms with Gasteiger partial charge in [0.2, 0.25) is 5.82 Å². The van der Waals surface area contributed by atoms with Crippen LogP contribution < -0.4 is 5.32 Å². The molecule has 3 rings (SSSR count). The minimum atomic E-state index is -3.00. The number of pyridine rings is 1. The van der Waals surface area contributed by atoms with E-state index in [4.69, 9.17) is 0 Å². The molecule has 1 aliphatic heterocycles. The van der Waals surface area contributed by atoms with Crippen molar-refractivity contribution < 1.29 is 18.3 Å². The maximum absolute atomic E-state index is 12.6. The predicted molar refractivity (Wildman–Crippen MR) is 88.7 cm³/mol. The van der Waals surface area contributed by atoms with Crippen LogP contribution in [0.2, 0.25) is 0 Å². The molecule has 2 N–H and O–H groups in total. The van der Waals surface area contributed by atoms with E-state index in [0.717, 1.165) is 0 Å². The van der Waals surface area contributed by atoms with E-state index in [1.54, 1.807) is 18.5 Å². The Morgan fingerprint density at radius 3 is 2.62 bits per heavy atom. The standard InChI is InChI=1S/C15H20N4O4S/c1-9-10(20)8-16-12-11(9)19(3)13(17-12)14(21)18-15(2)4-6-24(22,23)7-5-15/h8,20H,4-7H2,1-3H3,(H,18,21). The number of sulfone groups is 1.